The Morgan fingerprint density at radius 2 is 1.90 bits per heavy atom. The predicted octanol–water partition coefficient (Wildman–Crippen LogP) is 4.00. The van der Waals surface area contributed by atoms with E-state index >= 15 is 0 Å². The molecule has 3 heteroatoms. The van der Waals surface area contributed by atoms with Crippen LogP contribution in [0, 0.1) is 19.7 Å². The summed E-state index contributed by atoms with van der Waals surface area (Å²) in [6.45, 7) is 4.12. The Bertz CT molecular complexity index is 651. The van der Waals surface area contributed by atoms with Crippen LogP contribution in [0.4, 0.5) is 4.39 Å². The summed E-state index contributed by atoms with van der Waals surface area (Å²) in [5.74, 6) is 0.212. The maximum Gasteiger partial charge on any atom is 0.127 e. The lowest BCUT2D eigenvalue weighted by Gasteiger charge is -2.30. The first kappa shape index (κ1) is 13.1. The Morgan fingerprint density at radius 1 is 1.10 bits per heavy atom. The highest BCUT2D eigenvalue weighted by molar-refractivity contribution is 5.40. The number of aliphatic hydroxyl groups excluding tert-OH is 1. The zero-order valence-corrected chi connectivity index (χ0v) is 11.6. The molecule has 0 radical (unpaired) electrons. The van der Waals surface area contributed by atoms with Gasteiger partial charge in [-0.2, -0.15) is 0 Å². The van der Waals surface area contributed by atoms with E-state index in [1.165, 1.54) is 23.3 Å². The highest BCUT2D eigenvalue weighted by Crippen LogP contribution is 2.41. The summed E-state index contributed by atoms with van der Waals surface area (Å²) in [6, 6.07) is 10.4. The van der Waals surface area contributed by atoms with E-state index in [1.807, 2.05) is 6.07 Å². The van der Waals surface area contributed by atoms with Gasteiger partial charge in [0.25, 0.3) is 0 Å². The quantitative estimate of drug-likeness (QED) is 0.850. The second kappa shape index (κ2) is 4.91. The minimum atomic E-state index is -0.693. The normalized spacial score (nSPS) is 21.2. The topological polar surface area (TPSA) is 29.5 Å². The van der Waals surface area contributed by atoms with Crippen LogP contribution in [0.15, 0.2) is 36.4 Å². The van der Waals surface area contributed by atoms with Crippen LogP contribution in [0.25, 0.3) is 0 Å². The van der Waals surface area contributed by atoms with Crippen LogP contribution < -0.4 is 4.74 Å². The Morgan fingerprint density at radius 3 is 2.65 bits per heavy atom. The monoisotopic (exact) mass is 272 g/mol. The number of benzene rings is 2. The first-order valence-electron chi connectivity index (χ1n) is 6.76. The largest absolute Gasteiger partial charge is 0.485 e. The van der Waals surface area contributed by atoms with E-state index in [9.17, 15) is 9.50 Å². The Hall–Kier alpha value is -1.87. The van der Waals surface area contributed by atoms with Crippen LogP contribution in [-0.2, 0) is 0 Å². The van der Waals surface area contributed by atoms with Crippen molar-refractivity contribution in [2.75, 3.05) is 0 Å². The third kappa shape index (κ3) is 2.29. The highest BCUT2D eigenvalue weighted by atomic mass is 19.1. The van der Waals surface area contributed by atoms with Crippen LogP contribution in [0.2, 0.25) is 0 Å². The van der Waals surface area contributed by atoms with E-state index in [2.05, 4.69) is 26.0 Å². The van der Waals surface area contributed by atoms with Gasteiger partial charge in [0.1, 0.15) is 17.7 Å². The molecule has 2 unspecified atom stereocenters. The molecular weight excluding hydrogens is 255 g/mol. The van der Waals surface area contributed by atoms with E-state index in [-0.39, 0.29) is 11.9 Å². The molecule has 2 aromatic rings. The lowest BCUT2D eigenvalue weighted by molar-refractivity contribution is 0.0653. The summed E-state index contributed by atoms with van der Waals surface area (Å²) >= 11 is 0. The zero-order valence-electron chi connectivity index (χ0n) is 11.6. The summed E-state index contributed by atoms with van der Waals surface area (Å²) in [5, 5.41) is 10.2. The number of aliphatic hydroxyl groups is 1. The second-order valence-corrected chi connectivity index (χ2v) is 5.38. The van der Waals surface area contributed by atoms with Crippen LogP contribution in [-0.4, -0.2) is 5.11 Å². The van der Waals surface area contributed by atoms with Crippen LogP contribution in [0.5, 0.6) is 5.75 Å². The third-order valence-corrected chi connectivity index (χ3v) is 3.94. The van der Waals surface area contributed by atoms with Gasteiger partial charge in [0, 0.05) is 12.0 Å². The van der Waals surface area contributed by atoms with Crippen molar-refractivity contribution < 1.29 is 14.2 Å². The van der Waals surface area contributed by atoms with Crippen LogP contribution in [0.3, 0.4) is 0 Å². The molecule has 0 aliphatic carbocycles. The number of hydrogen-bond donors (Lipinski definition) is 1. The summed E-state index contributed by atoms with van der Waals surface area (Å²) in [5.41, 5.74) is 4.00. The maximum atomic E-state index is 13.2. The molecule has 1 aliphatic heterocycles. The van der Waals surface area contributed by atoms with Crippen molar-refractivity contribution in [2.24, 2.45) is 0 Å². The van der Waals surface area contributed by atoms with E-state index in [0.29, 0.717) is 17.7 Å². The van der Waals surface area contributed by atoms with Gasteiger partial charge in [0.05, 0.1) is 6.10 Å². The van der Waals surface area contributed by atoms with Crippen molar-refractivity contribution in [3.05, 3.63) is 64.5 Å². The molecule has 2 aromatic carbocycles. The van der Waals surface area contributed by atoms with Gasteiger partial charge < -0.3 is 9.84 Å². The number of halogens is 1. The van der Waals surface area contributed by atoms with Gasteiger partial charge in [0.15, 0.2) is 0 Å². The molecule has 1 heterocycles. The van der Waals surface area contributed by atoms with Gasteiger partial charge in [-0.25, -0.2) is 4.39 Å². The molecule has 1 aliphatic rings. The number of ether oxygens (including phenoxy) is 1. The molecule has 0 saturated heterocycles. The smallest absolute Gasteiger partial charge is 0.127 e. The molecule has 20 heavy (non-hydrogen) atoms. The number of fused-ring (bicyclic) bond motifs is 1. The van der Waals surface area contributed by atoms with Gasteiger partial charge in [-0.15, -0.1) is 0 Å². The summed E-state index contributed by atoms with van der Waals surface area (Å²) in [4.78, 5) is 0. The minimum Gasteiger partial charge on any atom is -0.485 e. The fourth-order valence-electron chi connectivity index (χ4n) is 2.59. The van der Waals surface area contributed by atoms with Gasteiger partial charge in [0.2, 0.25) is 0 Å². The van der Waals surface area contributed by atoms with E-state index in [0.717, 1.165) is 5.56 Å². The van der Waals surface area contributed by atoms with Crippen molar-refractivity contribution in [1.82, 2.24) is 0 Å². The van der Waals surface area contributed by atoms with Gasteiger partial charge in [-0.3, -0.25) is 0 Å². The van der Waals surface area contributed by atoms with E-state index in [1.54, 1.807) is 6.07 Å². The molecule has 0 bridgehead atoms. The highest BCUT2D eigenvalue weighted by Gasteiger charge is 2.28. The molecule has 0 fully saturated rings. The van der Waals surface area contributed by atoms with E-state index < -0.39 is 6.10 Å². The SMILES string of the molecule is Cc1ccc(C2CC(O)c3cc(F)ccc3O2)cc1C. The zero-order chi connectivity index (χ0) is 14.3. The molecule has 2 nitrogen and oxygen atoms in total. The Kier molecular flexibility index (Phi) is 3.22. The summed E-state index contributed by atoms with van der Waals surface area (Å²) < 4.78 is 19.1. The molecule has 104 valence electrons. The second-order valence-electron chi connectivity index (χ2n) is 5.38. The van der Waals surface area contributed by atoms with Crippen LogP contribution in [0.1, 0.15) is 40.9 Å². The molecule has 2 atom stereocenters. The summed E-state index contributed by atoms with van der Waals surface area (Å²) in [7, 11) is 0. The Labute approximate surface area is 117 Å². The molecule has 3 rings (SSSR count). The maximum absolute atomic E-state index is 13.2. The van der Waals surface area contributed by atoms with E-state index in [4.69, 9.17) is 4.74 Å². The molecule has 0 aromatic heterocycles. The fraction of sp³-hybridized carbons (Fsp3) is 0.294. The van der Waals surface area contributed by atoms with Crippen molar-refractivity contribution in [3.63, 3.8) is 0 Å². The van der Waals surface area contributed by atoms with Gasteiger partial charge in [-0.1, -0.05) is 18.2 Å². The summed E-state index contributed by atoms with van der Waals surface area (Å²) in [6.07, 6.45) is -0.442. The predicted molar refractivity (Wildman–Crippen MR) is 75.3 cm³/mol. The fourth-order valence-corrected chi connectivity index (χ4v) is 2.59. The average molecular weight is 272 g/mol. The van der Waals surface area contributed by atoms with Crippen molar-refractivity contribution in [2.45, 2.75) is 32.5 Å². The first-order valence-corrected chi connectivity index (χ1v) is 6.76. The number of aryl methyl sites for hydroxylation is 2. The molecular formula is C17H17FO2. The van der Waals surface area contributed by atoms with Gasteiger partial charge in [-0.05, 0) is 48.7 Å². The Balaban J connectivity index is 1.94. The number of hydrogen-bond acceptors (Lipinski definition) is 2. The standard InChI is InChI=1S/C17H17FO2/c1-10-3-4-12(7-11(10)2)17-9-15(19)14-8-13(18)5-6-16(14)20-17/h3-8,15,17,19H,9H2,1-2H3. The lowest BCUT2D eigenvalue weighted by atomic mass is 9.93. The van der Waals surface area contributed by atoms with Crippen molar-refractivity contribution in [1.29, 1.82) is 0 Å². The van der Waals surface area contributed by atoms with Crippen molar-refractivity contribution in [3.8, 4) is 5.75 Å². The molecule has 0 saturated carbocycles. The molecule has 0 amide bonds. The van der Waals surface area contributed by atoms with Crippen LogP contribution >= 0.6 is 0 Å². The van der Waals surface area contributed by atoms with Crippen molar-refractivity contribution >= 4 is 0 Å². The average Bonchev–Trinajstić information content (AvgIpc) is 2.42. The molecule has 0 spiro atoms. The number of rotatable bonds is 1. The lowest BCUT2D eigenvalue weighted by Crippen LogP contribution is -2.19. The molecule has 1 N–H and O–H groups in total. The minimum absolute atomic E-state index is 0.192. The third-order valence-electron chi connectivity index (χ3n) is 3.94. The first-order chi connectivity index (χ1) is 9.54. The van der Waals surface area contributed by atoms with Gasteiger partial charge >= 0.3 is 0 Å².